The zero-order chi connectivity index (χ0) is 18.3. The van der Waals surface area contributed by atoms with Gasteiger partial charge in [0.15, 0.2) is 0 Å². The van der Waals surface area contributed by atoms with E-state index in [4.69, 9.17) is 4.74 Å². The van der Waals surface area contributed by atoms with Crippen LogP contribution in [0.15, 0.2) is 42.5 Å². The molecule has 2 aromatic heterocycles. The number of amides is 1. The lowest BCUT2D eigenvalue weighted by atomic mass is 10.2. The Morgan fingerprint density at radius 3 is 2.88 bits per heavy atom. The van der Waals surface area contributed by atoms with Gasteiger partial charge in [-0.05, 0) is 49.7 Å². The predicted molar refractivity (Wildman–Crippen MR) is 103 cm³/mol. The number of aromatic amines is 1. The number of methoxy groups -OCH3 is 1. The van der Waals surface area contributed by atoms with Crippen LogP contribution in [0.3, 0.4) is 0 Å². The van der Waals surface area contributed by atoms with Crippen LogP contribution in [-0.2, 0) is 6.54 Å². The van der Waals surface area contributed by atoms with Crippen molar-refractivity contribution >= 4 is 33.8 Å². The SMILES string of the molecule is CCn1c(NC(=O)c2cc3c(OC)cccc3[nH]2)nc2cc(C)ccc21. The average molecular weight is 348 g/mol. The van der Waals surface area contributed by atoms with Crippen LogP contribution >= 0.6 is 0 Å². The van der Waals surface area contributed by atoms with Crippen molar-refractivity contribution in [1.29, 1.82) is 0 Å². The van der Waals surface area contributed by atoms with Crippen molar-refractivity contribution in [3.63, 3.8) is 0 Å². The maximum absolute atomic E-state index is 12.8. The minimum absolute atomic E-state index is 0.231. The molecule has 26 heavy (non-hydrogen) atoms. The monoisotopic (exact) mass is 348 g/mol. The summed E-state index contributed by atoms with van der Waals surface area (Å²) >= 11 is 0. The molecule has 2 aromatic carbocycles. The number of anilines is 1. The Kier molecular flexibility index (Phi) is 3.88. The van der Waals surface area contributed by atoms with Gasteiger partial charge in [-0.15, -0.1) is 0 Å². The highest BCUT2D eigenvalue weighted by Gasteiger charge is 2.16. The second-order valence-electron chi connectivity index (χ2n) is 6.23. The van der Waals surface area contributed by atoms with Gasteiger partial charge in [0.05, 0.1) is 18.1 Å². The van der Waals surface area contributed by atoms with E-state index in [2.05, 4.69) is 15.3 Å². The van der Waals surface area contributed by atoms with Crippen LogP contribution in [0.5, 0.6) is 5.75 Å². The third-order valence-corrected chi connectivity index (χ3v) is 4.53. The molecule has 132 valence electrons. The first-order valence-electron chi connectivity index (χ1n) is 8.54. The molecule has 0 saturated carbocycles. The van der Waals surface area contributed by atoms with E-state index in [1.165, 1.54) is 0 Å². The fourth-order valence-corrected chi connectivity index (χ4v) is 3.25. The first-order chi connectivity index (χ1) is 12.6. The molecule has 0 aliphatic rings. The van der Waals surface area contributed by atoms with E-state index in [0.29, 0.717) is 11.6 Å². The van der Waals surface area contributed by atoms with E-state index in [-0.39, 0.29) is 5.91 Å². The molecule has 0 aliphatic heterocycles. The number of aromatic nitrogens is 3. The van der Waals surface area contributed by atoms with E-state index in [0.717, 1.165) is 39.8 Å². The molecule has 4 rings (SSSR count). The van der Waals surface area contributed by atoms with E-state index < -0.39 is 0 Å². The lowest BCUT2D eigenvalue weighted by Gasteiger charge is -2.06. The number of imidazole rings is 1. The summed E-state index contributed by atoms with van der Waals surface area (Å²) in [5, 5.41) is 3.80. The van der Waals surface area contributed by atoms with Crippen LogP contribution in [0.25, 0.3) is 21.9 Å². The number of nitrogens with one attached hydrogen (secondary N) is 2. The third kappa shape index (κ3) is 2.60. The van der Waals surface area contributed by atoms with Gasteiger partial charge >= 0.3 is 0 Å². The van der Waals surface area contributed by atoms with Gasteiger partial charge in [0.1, 0.15) is 11.4 Å². The number of nitrogens with zero attached hydrogens (tertiary/aromatic N) is 2. The number of ether oxygens (including phenoxy) is 1. The lowest BCUT2D eigenvalue weighted by Crippen LogP contribution is -2.16. The van der Waals surface area contributed by atoms with Crippen LogP contribution in [-0.4, -0.2) is 27.6 Å². The van der Waals surface area contributed by atoms with Gasteiger partial charge in [0.25, 0.3) is 5.91 Å². The van der Waals surface area contributed by atoms with Crippen LogP contribution < -0.4 is 10.1 Å². The van der Waals surface area contributed by atoms with Gasteiger partial charge in [-0.2, -0.15) is 0 Å². The molecule has 0 bridgehead atoms. The summed E-state index contributed by atoms with van der Waals surface area (Å²) in [6.07, 6.45) is 0. The van der Waals surface area contributed by atoms with Gasteiger partial charge in [0, 0.05) is 17.4 Å². The minimum Gasteiger partial charge on any atom is -0.496 e. The first-order valence-corrected chi connectivity index (χ1v) is 8.54. The van der Waals surface area contributed by atoms with Crippen LogP contribution in [0.1, 0.15) is 23.0 Å². The Morgan fingerprint density at radius 2 is 2.12 bits per heavy atom. The first kappa shape index (κ1) is 16.2. The molecule has 6 nitrogen and oxygen atoms in total. The molecular formula is C20H20N4O2. The molecule has 0 spiro atoms. The van der Waals surface area contributed by atoms with Crippen LogP contribution in [0, 0.1) is 6.92 Å². The Hall–Kier alpha value is -3.28. The van der Waals surface area contributed by atoms with E-state index in [9.17, 15) is 4.79 Å². The summed E-state index contributed by atoms with van der Waals surface area (Å²) in [6, 6.07) is 13.6. The Bertz CT molecular complexity index is 1120. The quantitative estimate of drug-likeness (QED) is 0.583. The second kappa shape index (κ2) is 6.22. The maximum atomic E-state index is 12.8. The maximum Gasteiger partial charge on any atom is 0.274 e. The Balaban J connectivity index is 1.71. The lowest BCUT2D eigenvalue weighted by molar-refractivity contribution is 0.102. The van der Waals surface area contributed by atoms with Gasteiger partial charge in [0.2, 0.25) is 5.95 Å². The summed E-state index contributed by atoms with van der Waals surface area (Å²) in [6.45, 7) is 4.78. The van der Waals surface area contributed by atoms with Gasteiger partial charge < -0.3 is 14.3 Å². The third-order valence-electron chi connectivity index (χ3n) is 4.53. The largest absolute Gasteiger partial charge is 0.496 e. The molecule has 0 saturated heterocycles. The predicted octanol–water partition coefficient (Wildman–Crippen LogP) is 4.11. The normalized spacial score (nSPS) is 11.2. The number of hydrogen-bond donors (Lipinski definition) is 2. The van der Waals surface area contributed by atoms with Crippen molar-refractivity contribution in [3.8, 4) is 5.75 Å². The fourth-order valence-electron chi connectivity index (χ4n) is 3.25. The Labute approximate surface area is 150 Å². The topological polar surface area (TPSA) is 71.9 Å². The van der Waals surface area contributed by atoms with Crippen LogP contribution in [0.4, 0.5) is 5.95 Å². The number of aryl methyl sites for hydroxylation is 2. The van der Waals surface area contributed by atoms with Gasteiger partial charge in [-0.1, -0.05) is 12.1 Å². The highest BCUT2D eigenvalue weighted by Crippen LogP contribution is 2.27. The number of rotatable bonds is 4. The molecular weight excluding hydrogens is 328 g/mol. The van der Waals surface area contributed by atoms with Crippen molar-refractivity contribution in [3.05, 3.63) is 53.7 Å². The molecule has 0 fully saturated rings. The number of fused-ring (bicyclic) bond motifs is 2. The second-order valence-corrected chi connectivity index (χ2v) is 6.23. The van der Waals surface area contributed by atoms with Crippen molar-refractivity contribution in [2.75, 3.05) is 12.4 Å². The zero-order valence-corrected chi connectivity index (χ0v) is 15.0. The Morgan fingerprint density at radius 1 is 1.27 bits per heavy atom. The molecule has 0 unspecified atom stereocenters. The average Bonchev–Trinajstić information content (AvgIpc) is 3.21. The highest BCUT2D eigenvalue weighted by molar-refractivity contribution is 6.06. The molecule has 1 amide bonds. The summed E-state index contributed by atoms with van der Waals surface area (Å²) in [5.74, 6) is 1.04. The number of H-pyrrole nitrogens is 1. The van der Waals surface area contributed by atoms with Crippen molar-refractivity contribution in [2.45, 2.75) is 20.4 Å². The van der Waals surface area contributed by atoms with Gasteiger partial charge in [-0.25, -0.2) is 4.98 Å². The molecule has 6 heteroatoms. The summed E-state index contributed by atoms with van der Waals surface area (Å²) in [7, 11) is 1.62. The van der Waals surface area contributed by atoms with Crippen molar-refractivity contribution in [2.24, 2.45) is 0 Å². The molecule has 4 aromatic rings. The molecule has 0 aliphatic carbocycles. The van der Waals surface area contributed by atoms with Crippen molar-refractivity contribution in [1.82, 2.24) is 14.5 Å². The fraction of sp³-hybridized carbons (Fsp3) is 0.200. The minimum atomic E-state index is -0.231. The van der Waals surface area contributed by atoms with Crippen LogP contribution in [0.2, 0.25) is 0 Å². The standard InChI is InChI=1S/C20H20N4O2/c1-4-24-17-9-8-12(2)10-15(17)22-20(24)23-19(25)16-11-13-14(21-16)6-5-7-18(13)26-3/h5-11,21H,4H2,1-3H3,(H,22,23,25). The molecule has 2 N–H and O–H groups in total. The molecule has 0 radical (unpaired) electrons. The highest BCUT2D eigenvalue weighted by atomic mass is 16.5. The van der Waals surface area contributed by atoms with E-state index in [1.807, 2.05) is 54.8 Å². The van der Waals surface area contributed by atoms with E-state index >= 15 is 0 Å². The summed E-state index contributed by atoms with van der Waals surface area (Å²) < 4.78 is 7.35. The number of carbonyl (C=O) groups excluding carboxylic acids is 1. The molecule has 0 atom stereocenters. The molecule has 2 heterocycles. The summed E-state index contributed by atoms with van der Waals surface area (Å²) in [5.41, 5.74) is 4.34. The summed E-state index contributed by atoms with van der Waals surface area (Å²) in [4.78, 5) is 20.5. The smallest absolute Gasteiger partial charge is 0.274 e. The van der Waals surface area contributed by atoms with Crippen molar-refractivity contribution < 1.29 is 9.53 Å². The van der Waals surface area contributed by atoms with E-state index in [1.54, 1.807) is 13.2 Å². The number of hydrogen-bond acceptors (Lipinski definition) is 3. The number of benzene rings is 2. The van der Waals surface area contributed by atoms with Gasteiger partial charge in [-0.3, -0.25) is 10.1 Å². The zero-order valence-electron chi connectivity index (χ0n) is 15.0. The number of carbonyl (C=O) groups is 1.